The molecule has 74 valence electrons. The second kappa shape index (κ2) is 5.02. The SMILES string of the molecule is CC.Cc1ccn([C@@H]2CCOC2)n1. The molecule has 0 radical (unpaired) electrons. The number of aromatic nitrogens is 2. The van der Waals surface area contributed by atoms with Crippen LogP contribution in [0.15, 0.2) is 12.3 Å². The van der Waals surface area contributed by atoms with Crippen LogP contribution >= 0.6 is 0 Å². The van der Waals surface area contributed by atoms with Gasteiger partial charge in [-0.2, -0.15) is 5.10 Å². The van der Waals surface area contributed by atoms with E-state index < -0.39 is 0 Å². The Morgan fingerprint density at radius 3 is 2.77 bits per heavy atom. The first-order valence-electron chi connectivity index (χ1n) is 4.96. The van der Waals surface area contributed by atoms with Crippen LogP contribution < -0.4 is 0 Å². The fourth-order valence-electron chi connectivity index (χ4n) is 1.37. The molecule has 0 spiro atoms. The zero-order chi connectivity index (χ0) is 9.68. The summed E-state index contributed by atoms with van der Waals surface area (Å²) in [7, 11) is 0. The number of aryl methyl sites for hydroxylation is 1. The fourth-order valence-corrected chi connectivity index (χ4v) is 1.37. The lowest BCUT2D eigenvalue weighted by Gasteiger charge is -2.06. The first-order valence-corrected chi connectivity index (χ1v) is 4.96. The van der Waals surface area contributed by atoms with Gasteiger partial charge in [-0.25, -0.2) is 0 Å². The van der Waals surface area contributed by atoms with Crippen molar-refractivity contribution < 1.29 is 4.74 Å². The minimum Gasteiger partial charge on any atom is -0.379 e. The Balaban J connectivity index is 0.000000396. The predicted octanol–water partition coefficient (Wildman–Crippen LogP) is 2.18. The van der Waals surface area contributed by atoms with Crippen molar-refractivity contribution in [3.05, 3.63) is 18.0 Å². The van der Waals surface area contributed by atoms with Crippen molar-refractivity contribution in [3.8, 4) is 0 Å². The van der Waals surface area contributed by atoms with Crippen LogP contribution in [0.5, 0.6) is 0 Å². The first kappa shape index (κ1) is 10.3. The minimum atomic E-state index is 0.476. The van der Waals surface area contributed by atoms with Crippen LogP contribution in [0.1, 0.15) is 32.0 Å². The van der Waals surface area contributed by atoms with Gasteiger partial charge in [0.2, 0.25) is 0 Å². The second-order valence-corrected chi connectivity index (χ2v) is 2.95. The number of hydrogen-bond acceptors (Lipinski definition) is 2. The van der Waals surface area contributed by atoms with Crippen molar-refractivity contribution in [2.45, 2.75) is 33.2 Å². The Kier molecular flexibility index (Phi) is 3.96. The van der Waals surface area contributed by atoms with Gasteiger partial charge in [0.15, 0.2) is 0 Å². The van der Waals surface area contributed by atoms with E-state index in [1.54, 1.807) is 0 Å². The van der Waals surface area contributed by atoms with Gasteiger partial charge in [0, 0.05) is 12.8 Å². The molecule has 0 aromatic carbocycles. The van der Waals surface area contributed by atoms with Gasteiger partial charge >= 0.3 is 0 Å². The molecule has 0 bridgehead atoms. The molecule has 13 heavy (non-hydrogen) atoms. The monoisotopic (exact) mass is 182 g/mol. The largest absolute Gasteiger partial charge is 0.379 e. The Morgan fingerprint density at radius 2 is 2.31 bits per heavy atom. The van der Waals surface area contributed by atoms with Crippen LogP contribution in [0, 0.1) is 6.92 Å². The summed E-state index contributed by atoms with van der Waals surface area (Å²) < 4.78 is 7.26. The zero-order valence-corrected chi connectivity index (χ0v) is 8.66. The summed E-state index contributed by atoms with van der Waals surface area (Å²) in [6.45, 7) is 7.71. The van der Waals surface area contributed by atoms with Crippen molar-refractivity contribution in [1.29, 1.82) is 0 Å². The molecule has 1 saturated heterocycles. The average molecular weight is 182 g/mol. The quantitative estimate of drug-likeness (QED) is 0.665. The number of rotatable bonds is 1. The summed E-state index contributed by atoms with van der Waals surface area (Å²) in [5, 5.41) is 4.33. The van der Waals surface area contributed by atoms with Gasteiger partial charge < -0.3 is 4.74 Å². The molecule has 1 aliphatic rings. The van der Waals surface area contributed by atoms with E-state index in [2.05, 4.69) is 5.10 Å². The lowest BCUT2D eigenvalue weighted by atomic mass is 10.3. The van der Waals surface area contributed by atoms with Crippen LogP contribution in [-0.4, -0.2) is 23.0 Å². The summed E-state index contributed by atoms with van der Waals surface area (Å²) in [6.07, 6.45) is 3.12. The molecule has 3 nitrogen and oxygen atoms in total. The van der Waals surface area contributed by atoms with Gasteiger partial charge in [-0.3, -0.25) is 4.68 Å². The highest BCUT2D eigenvalue weighted by Gasteiger charge is 2.17. The van der Waals surface area contributed by atoms with Gasteiger partial charge in [-0.1, -0.05) is 13.8 Å². The first-order chi connectivity index (χ1) is 6.36. The molecule has 1 aromatic rings. The maximum atomic E-state index is 5.26. The van der Waals surface area contributed by atoms with Crippen LogP contribution in [0.3, 0.4) is 0 Å². The summed E-state index contributed by atoms with van der Waals surface area (Å²) in [6, 6.07) is 2.50. The van der Waals surface area contributed by atoms with Crippen molar-refractivity contribution in [1.82, 2.24) is 9.78 Å². The topological polar surface area (TPSA) is 27.1 Å². The van der Waals surface area contributed by atoms with E-state index >= 15 is 0 Å². The Morgan fingerprint density at radius 1 is 1.54 bits per heavy atom. The van der Waals surface area contributed by atoms with Crippen molar-refractivity contribution in [2.24, 2.45) is 0 Å². The summed E-state index contributed by atoms with van der Waals surface area (Å²) in [5.74, 6) is 0. The third-order valence-electron chi connectivity index (χ3n) is 2.02. The van der Waals surface area contributed by atoms with Crippen LogP contribution in [0.25, 0.3) is 0 Å². The van der Waals surface area contributed by atoms with E-state index in [0.29, 0.717) is 6.04 Å². The lowest BCUT2D eigenvalue weighted by Crippen LogP contribution is -2.08. The Hall–Kier alpha value is -0.830. The minimum absolute atomic E-state index is 0.476. The highest BCUT2D eigenvalue weighted by atomic mass is 16.5. The third kappa shape index (κ3) is 2.56. The summed E-state index contributed by atoms with van der Waals surface area (Å²) in [4.78, 5) is 0. The van der Waals surface area contributed by atoms with Gasteiger partial charge in [0.1, 0.15) is 0 Å². The average Bonchev–Trinajstić information content (AvgIpc) is 2.77. The maximum absolute atomic E-state index is 5.26. The van der Waals surface area contributed by atoms with Crippen LogP contribution in [0.4, 0.5) is 0 Å². The molecule has 3 heteroatoms. The van der Waals surface area contributed by atoms with Gasteiger partial charge in [0.25, 0.3) is 0 Å². The maximum Gasteiger partial charge on any atom is 0.0774 e. The van der Waals surface area contributed by atoms with Crippen LogP contribution in [0.2, 0.25) is 0 Å². The highest BCUT2D eigenvalue weighted by Crippen LogP contribution is 2.17. The molecule has 0 N–H and O–H groups in total. The van der Waals surface area contributed by atoms with Gasteiger partial charge in [-0.05, 0) is 19.4 Å². The third-order valence-corrected chi connectivity index (χ3v) is 2.02. The normalized spacial score (nSPS) is 21.0. The summed E-state index contributed by atoms with van der Waals surface area (Å²) >= 11 is 0. The van der Waals surface area contributed by atoms with Crippen LogP contribution in [-0.2, 0) is 4.74 Å². The lowest BCUT2D eigenvalue weighted by molar-refractivity contribution is 0.184. The second-order valence-electron chi connectivity index (χ2n) is 2.95. The van der Waals surface area contributed by atoms with E-state index in [4.69, 9.17) is 4.74 Å². The van der Waals surface area contributed by atoms with E-state index in [1.165, 1.54) is 0 Å². The standard InChI is InChI=1S/C8H12N2O.C2H6/c1-7-2-4-10(9-7)8-3-5-11-6-8;1-2/h2,4,8H,3,5-6H2,1H3;1-2H3/t8-;/m1./s1. The molecule has 1 aliphatic heterocycles. The number of nitrogens with zero attached hydrogens (tertiary/aromatic N) is 2. The summed E-state index contributed by atoms with van der Waals surface area (Å²) in [5.41, 5.74) is 1.08. The van der Waals surface area contributed by atoms with E-state index in [9.17, 15) is 0 Å². The van der Waals surface area contributed by atoms with Crippen molar-refractivity contribution in [2.75, 3.05) is 13.2 Å². The number of hydrogen-bond donors (Lipinski definition) is 0. The van der Waals surface area contributed by atoms with Gasteiger partial charge in [-0.15, -0.1) is 0 Å². The van der Waals surface area contributed by atoms with E-state index in [1.807, 2.05) is 37.7 Å². The smallest absolute Gasteiger partial charge is 0.0774 e. The predicted molar refractivity (Wildman–Crippen MR) is 52.8 cm³/mol. The molecule has 1 aromatic heterocycles. The van der Waals surface area contributed by atoms with Gasteiger partial charge in [0.05, 0.1) is 18.3 Å². The highest BCUT2D eigenvalue weighted by molar-refractivity contribution is 4.96. The molecule has 1 atom stereocenters. The molecular formula is C10H18N2O. The molecule has 2 rings (SSSR count). The molecule has 2 heterocycles. The van der Waals surface area contributed by atoms with E-state index in [0.717, 1.165) is 25.3 Å². The molecule has 0 aliphatic carbocycles. The molecular weight excluding hydrogens is 164 g/mol. The van der Waals surface area contributed by atoms with E-state index in [-0.39, 0.29) is 0 Å². The molecule has 0 unspecified atom stereocenters. The Bertz CT molecular complexity index is 239. The molecule has 1 fully saturated rings. The fraction of sp³-hybridized carbons (Fsp3) is 0.700. The Labute approximate surface area is 79.7 Å². The molecule has 0 amide bonds. The number of ether oxygens (including phenoxy) is 1. The zero-order valence-electron chi connectivity index (χ0n) is 8.66. The van der Waals surface area contributed by atoms with Crippen molar-refractivity contribution in [3.63, 3.8) is 0 Å². The van der Waals surface area contributed by atoms with Crippen molar-refractivity contribution >= 4 is 0 Å². The molecule has 0 saturated carbocycles.